The second kappa shape index (κ2) is 10.1. The highest BCUT2D eigenvalue weighted by molar-refractivity contribution is 5.88. The van der Waals surface area contributed by atoms with Crippen LogP contribution in [0.3, 0.4) is 0 Å². The Morgan fingerprint density at radius 3 is 2.06 bits per heavy atom. The molecule has 4 aromatic rings. The molecule has 0 atom stereocenters. The number of benzene rings is 4. The van der Waals surface area contributed by atoms with Crippen LogP contribution in [-0.2, 0) is 5.41 Å². The molecule has 0 aromatic heterocycles. The largest absolute Gasteiger partial charge is 0.491 e. The number of hydrogen-bond acceptors (Lipinski definition) is 4. The van der Waals surface area contributed by atoms with Crippen LogP contribution in [0.25, 0.3) is 21.9 Å². The summed E-state index contributed by atoms with van der Waals surface area (Å²) >= 11 is 0. The third-order valence-electron chi connectivity index (χ3n) is 6.05. The van der Waals surface area contributed by atoms with E-state index in [1.807, 2.05) is 30.3 Å². The summed E-state index contributed by atoms with van der Waals surface area (Å²) in [7, 11) is 0. The molecule has 0 fully saturated rings. The lowest BCUT2D eigenvalue weighted by Gasteiger charge is -2.27. The number of rotatable bonds is 9. The molecule has 4 aromatic carbocycles. The van der Waals surface area contributed by atoms with E-state index in [-0.39, 0.29) is 31.8 Å². The van der Waals surface area contributed by atoms with E-state index in [2.05, 4.69) is 68.4 Å². The van der Waals surface area contributed by atoms with Crippen molar-refractivity contribution in [2.75, 3.05) is 26.4 Å². The van der Waals surface area contributed by atoms with Crippen LogP contribution >= 0.6 is 0 Å². The van der Waals surface area contributed by atoms with Crippen molar-refractivity contribution >= 4 is 10.8 Å². The Bertz CT molecular complexity index is 1210. The van der Waals surface area contributed by atoms with Crippen molar-refractivity contribution in [1.82, 2.24) is 0 Å². The fourth-order valence-electron chi connectivity index (χ4n) is 4.08. The second-order valence-electron chi connectivity index (χ2n) is 8.57. The monoisotopic (exact) mass is 442 g/mol. The summed E-state index contributed by atoms with van der Waals surface area (Å²) in [5.74, 6) is 1.50. The van der Waals surface area contributed by atoms with Gasteiger partial charge in [-0.05, 0) is 57.8 Å². The van der Waals surface area contributed by atoms with E-state index in [9.17, 15) is 5.11 Å². The maximum absolute atomic E-state index is 9.29. The van der Waals surface area contributed by atoms with Gasteiger partial charge in [0.1, 0.15) is 24.7 Å². The van der Waals surface area contributed by atoms with Crippen molar-refractivity contribution in [3.05, 3.63) is 96.1 Å². The van der Waals surface area contributed by atoms with Crippen LogP contribution in [0.15, 0.2) is 84.9 Å². The van der Waals surface area contributed by atoms with Gasteiger partial charge in [0.05, 0.1) is 13.2 Å². The molecular weight excluding hydrogens is 412 g/mol. The first-order valence-corrected chi connectivity index (χ1v) is 11.2. The number of hydrogen-bond donors (Lipinski definition) is 2. The van der Waals surface area contributed by atoms with Gasteiger partial charge < -0.3 is 19.7 Å². The first-order valence-electron chi connectivity index (χ1n) is 11.2. The van der Waals surface area contributed by atoms with Crippen LogP contribution < -0.4 is 9.47 Å². The molecule has 0 radical (unpaired) electrons. The van der Waals surface area contributed by atoms with Crippen molar-refractivity contribution < 1.29 is 19.7 Å². The Labute approximate surface area is 195 Å². The molecule has 0 aliphatic heterocycles. The molecule has 4 rings (SSSR count). The Balaban J connectivity index is 1.74. The third-order valence-corrected chi connectivity index (χ3v) is 6.05. The van der Waals surface area contributed by atoms with Gasteiger partial charge in [-0.15, -0.1) is 0 Å². The molecule has 170 valence electrons. The van der Waals surface area contributed by atoms with Gasteiger partial charge in [0.2, 0.25) is 0 Å². The summed E-state index contributed by atoms with van der Waals surface area (Å²) < 4.78 is 11.4. The molecule has 0 bridgehead atoms. The third kappa shape index (κ3) is 5.03. The summed E-state index contributed by atoms with van der Waals surface area (Å²) in [5.41, 5.74) is 4.14. The van der Waals surface area contributed by atoms with E-state index in [1.165, 1.54) is 10.8 Å². The molecule has 4 heteroatoms. The standard InChI is InChI=1S/C29H30O4/c1-29(2,24-9-12-26(13-10-24)32-17-15-30)25-11-14-28(33-18-16-31)27(20-25)23-8-7-21-5-3-4-6-22(21)19-23/h3-14,19-20,30-31H,15-18H2,1-2H3. The Hall–Kier alpha value is -3.34. The van der Waals surface area contributed by atoms with Gasteiger partial charge in [0, 0.05) is 11.0 Å². The smallest absolute Gasteiger partial charge is 0.127 e. The summed E-state index contributed by atoms with van der Waals surface area (Å²) in [6.07, 6.45) is 0. The minimum Gasteiger partial charge on any atom is -0.491 e. The molecule has 0 spiro atoms. The highest BCUT2D eigenvalue weighted by atomic mass is 16.5. The molecule has 0 saturated heterocycles. The van der Waals surface area contributed by atoms with Gasteiger partial charge in [-0.1, -0.05) is 68.4 Å². The fourth-order valence-corrected chi connectivity index (χ4v) is 4.08. The molecule has 0 aliphatic rings. The first kappa shape index (κ1) is 22.8. The van der Waals surface area contributed by atoms with Crippen LogP contribution in [0, 0.1) is 0 Å². The topological polar surface area (TPSA) is 58.9 Å². The van der Waals surface area contributed by atoms with Crippen LogP contribution in [0.4, 0.5) is 0 Å². The lowest BCUT2D eigenvalue weighted by molar-refractivity contribution is 0.201. The average Bonchev–Trinajstić information content (AvgIpc) is 2.86. The Morgan fingerprint density at radius 1 is 0.667 bits per heavy atom. The molecule has 0 saturated carbocycles. The Morgan fingerprint density at radius 2 is 1.33 bits per heavy atom. The molecule has 0 aliphatic carbocycles. The Kier molecular flexibility index (Phi) is 6.97. The zero-order valence-corrected chi connectivity index (χ0v) is 19.1. The van der Waals surface area contributed by atoms with E-state index in [0.29, 0.717) is 0 Å². The van der Waals surface area contributed by atoms with Crippen molar-refractivity contribution in [2.45, 2.75) is 19.3 Å². The predicted octanol–water partition coefficient (Wildman–Crippen LogP) is 5.57. The molecular formula is C29H30O4. The minimum absolute atomic E-state index is 0.00447. The molecule has 2 N–H and O–H groups in total. The van der Waals surface area contributed by atoms with Crippen molar-refractivity contribution in [1.29, 1.82) is 0 Å². The lowest BCUT2D eigenvalue weighted by Crippen LogP contribution is -2.19. The average molecular weight is 443 g/mol. The van der Waals surface area contributed by atoms with Gasteiger partial charge in [0.15, 0.2) is 0 Å². The molecule has 4 nitrogen and oxygen atoms in total. The van der Waals surface area contributed by atoms with Crippen LogP contribution in [0.5, 0.6) is 11.5 Å². The van der Waals surface area contributed by atoms with Gasteiger partial charge >= 0.3 is 0 Å². The number of fused-ring (bicyclic) bond motifs is 1. The molecule has 0 heterocycles. The summed E-state index contributed by atoms with van der Waals surface area (Å²) in [6.45, 7) is 4.89. The highest BCUT2D eigenvalue weighted by Crippen LogP contribution is 2.39. The quantitative estimate of drug-likeness (QED) is 0.356. The zero-order valence-electron chi connectivity index (χ0n) is 19.1. The van der Waals surface area contributed by atoms with Gasteiger partial charge in [0.25, 0.3) is 0 Å². The van der Waals surface area contributed by atoms with E-state index in [1.54, 1.807) is 0 Å². The van der Waals surface area contributed by atoms with Crippen LogP contribution in [0.2, 0.25) is 0 Å². The molecule has 0 amide bonds. The first-order chi connectivity index (χ1) is 16.0. The van der Waals surface area contributed by atoms with Crippen molar-refractivity contribution in [2.24, 2.45) is 0 Å². The van der Waals surface area contributed by atoms with E-state index in [4.69, 9.17) is 14.6 Å². The second-order valence-corrected chi connectivity index (χ2v) is 8.57. The van der Waals surface area contributed by atoms with Gasteiger partial charge in [-0.25, -0.2) is 0 Å². The van der Waals surface area contributed by atoms with Crippen LogP contribution in [0.1, 0.15) is 25.0 Å². The predicted molar refractivity (Wildman–Crippen MR) is 133 cm³/mol. The fraction of sp³-hybridized carbons (Fsp3) is 0.241. The lowest BCUT2D eigenvalue weighted by atomic mass is 9.77. The summed E-state index contributed by atoms with van der Waals surface area (Å²) in [5, 5.41) is 20.6. The maximum atomic E-state index is 9.29. The van der Waals surface area contributed by atoms with Gasteiger partial charge in [-0.2, -0.15) is 0 Å². The van der Waals surface area contributed by atoms with Crippen molar-refractivity contribution in [3.8, 4) is 22.6 Å². The molecule has 0 unspecified atom stereocenters. The SMILES string of the molecule is CC(C)(c1ccc(OCCO)cc1)c1ccc(OCCO)c(-c2ccc3ccccc3c2)c1. The summed E-state index contributed by atoms with van der Waals surface area (Å²) in [6, 6.07) is 29.0. The van der Waals surface area contributed by atoms with Crippen molar-refractivity contribution in [3.63, 3.8) is 0 Å². The molecule has 33 heavy (non-hydrogen) atoms. The summed E-state index contributed by atoms with van der Waals surface area (Å²) in [4.78, 5) is 0. The zero-order chi connectivity index (χ0) is 23.3. The van der Waals surface area contributed by atoms with Crippen LogP contribution in [-0.4, -0.2) is 36.6 Å². The number of ether oxygens (including phenoxy) is 2. The van der Waals surface area contributed by atoms with Gasteiger partial charge in [-0.3, -0.25) is 0 Å². The maximum Gasteiger partial charge on any atom is 0.127 e. The van der Waals surface area contributed by atoms with E-state index < -0.39 is 0 Å². The minimum atomic E-state index is -0.253. The highest BCUT2D eigenvalue weighted by Gasteiger charge is 2.25. The number of aliphatic hydroxyl groups is 2. The van der Waals surface area contributed by atoms with E-state index >= 15 is 0 Å². The normalized spacial score (nSPS) is 11.5. The van der Waals surface area contributed by atoms with E-state index in [0.717, 1.165) is 33.8 Å². The number of aliphatic hydroxyl groups excluding tert-OH is 2.